The van der Waals surface area contributed by atoms with Gasteiger partial charge in [-0.1, -0.05) is 49.6 Å². The van der Waals surface area contributed by atoms with E-state index >= 15 is 0 Å². The number of nitrogens with one attached hydrogen (secondary N) is 1. The summed E-state index contributed by atoms with van der Waals surface area (Å²) in [6.07, 6.45) is 11.0. The highest BCUT2D eigenvalue weighted by molar-refractivity contribution is 5.65. The van der Waals surface area contributed by atoms with Gasteiger partial charge in [0.15, 0.2) is 11.5 Å². The highest BCUT2D eigenvalue weighted by Crippen LogP contribution is 2.32. The lowest BCUT2D eigenvalue weighted by Crippen LogP contribution is -2.11. The molecule has 0 amide bonds. The van der Waals surface area contributed by atoms with Crippen LogP contribution in [-0.2, 0) is 0 Å². The van der Waals surface area contributed by atoms with Crippen LogP contribution in [0.25, 0.3) is 0 Å². The summed E-state index contributed by atoms with van der Waals surface area (Å²) in [6, 6.07) is 7.80. The average Bonchev–Trinajstić information content (AvgIpc) is 2.42. The largest absolute Gasteiger partial charge is 0.453 e. The van der Waals surface area contributed by atoms with Crippen LogP contribution in [0.15, 0.2) is 85.3 Å². The second-order valence-electron chi connectivity index (χ2n) is 3.68. The summed E-state index contributed by atoms with van der Waals surface area (Å²) < 4.78 is 5.81. The number of rotatable bonds is 4. The molecule has 0 fully saturated rings. The summed E-state index contributed by atoms with van der Waals surface area (Å²) in [5.41, 5.74) is 1.81. The van der Waals surface area contributed by atoms with Crippen molar-refractivity contribution in [2.24, 2.45) is 0 Å². The molecule has 2 rings (SSSR count). The van der Waals surface area contributed by atoms with Crippen molar-refractivity contribution in [3.05, 3.63) is 85.3 Å². The Labute approximate surface area is 107 Å². The van der Waals surface area contributed by atoms with E-state index < -0.39 is 0 Å². The van der Waals surface area contributed by atoms with Gasteiger partial charge in [-0.05, 0) is 24.3 Å². The predicted octanol–water partition coefficient (Wildman–Crippen LogP) is 4.19. The molecule has 90 valence electrons. The molecule has 0 saturated heterocycles. The summed E-state index contributed by atoms with van der Waals surface area (Å²) in [7, 11) is 0. The van der Waals surface area contributed by atoms with Crippen LogP contribution in [-0.4, -0.2) is 0 Å². The van der Waals surface area contributed by atoms with E-state index in [4.69, 9.17) is 4.74 Å². The number of para-hydroxylation sites is 2. The van der Waals surface area contributed by atoms with Crippen LogP contribution in [0.1, 0.15) is 0 Å². The van der Waals surface area contributed by atoms with Gasteiger partial charge in [0, 0.05) is 0 Å². The van der Waals surface area contributed by atoms with Crippen molar-refractivity contribution in [3.8, 4) is 5.75 Å². The molecule has 1 aromatic carbocycles. The molecule has 0 aromatic heterocycles. The molecule has 0 unspecified atom stereocenters. The Hall–Kier alpha value is -2.48. The minimum Gasteiger partial charge on any atom is -0.453 e. The molecule has 0 spiro atoms. The highest BCUT2D eigenvalue weighted by Gasteiger charge is 2.14. The average molecular weight is 237 g/mol. The molecule has 0 atom stereocenters. The number of allylic oxidation sites excluding steroid dienone is 6. The van der Waals surface area contributed by atoms with Crippen molar-refractivity contribution in [1.82, 2.24) is 0 Å². The topological polar surface area (TPSA) is 21.3 Å². The molecule has 2 heteroatoms. The van der Waals surface area contributed by atoms with Gasteiger partial charge in [-0.2, -0.15) is 0 Å². The number of hydrogen-bond acceptors (Lipinski definition) is 2. The van der Waals surface area contributed by atoms with Gasteiger partial charge in [0.1, 0.15) is 0 Å². The summed E-state index contributed by atoms with van der Waals surface area (Å²) in [5, 5.41) is 3.28. The minimum atomic E-state index is 0.748. The molecule has 0 aliphatic carbocycles. The number of anilines is 1. The van der Waals surface area contributed by atoms with Crippen molar-refractivity contribution in [3.63, 3.8) is 0 Å². The van der Waals surface area contributed by atoms with Gasteiger partial charge >= 0.3 is 0 Å². The first-order valence-corrected chi connectivity index (χ1v) is 5.71. The van der Waals surface area contributed by atoms with E-state index in [2.05, 4.69) is 18.5 Å². The molecule has 0 radical (unpaired) electrons. The number of ether oxygens (including phenoxy) is 1. The Morgan fingerprint density at radius 3 is 2.67 bits per heavy atom. The van der Waals surface area contributed by atoms with E-state index in [0.717, 1.165) is 22.9 Å². The van der Waals surface area contributed by atoms with Gasteiger partial charge < -0.3 is 10.1 Å². The Kier molecular flexibility index (Phi) is 3.82. The molecule has 1 N–H and O–H groups in total. The zero-order chi connectivity index (χ0) is 12.8. The zero-order valence-corrected chi connectivity index (χ0v) is 10.1. The van der Waals surface area contributed by atoms with Crippen LogP contribution in [0.2, 0.25) is 0 Å². The Balaban J connectivity index is 2.25. The smallest absolute Gasteiger partial charge is 0.150 e. The van der Waals surface area contributed by atoms with Crippen molar-refractivity contribution in [2.75, 3.05) is 5.32 Å². The maximum atomic E-state index is 5.81. The van der Waals surface area contributed by atoms with Gasteiger partial charge in [-0.3, -0.25) is 0 Å². The van der Waals surface area contributed by atoms with Crippen LogP contribution < -0.4 is 10.1 Å². The molecule has 1 aliphatic rings. The maximum absolute atomic E-state index is 5.81. The minimum absolute atomic E-state index is 0.748. The Morgan fingerprint density at radius 1 is 1.06 bits per heavy atom. The summed E-state index contributed by atoms with van der Waals surface area (Å²) in [5.74, 6) is 1.56. The van der Waals surface area contributed by atoms with Gasteiger partial charge in [0.05, 0.1) is 11.4 Å². The molecule has 1 aromatic rings. The first kappa shape index (κ1) is 12.0. The molecule has 0 bridgehead atoms. The fourth-order valence-corrected chi connectivity index (χ4v) is 1.60. The number of fused-ring (bicyclic) bond motifs is 1. The third-order valence-electron chi connectivity index (χ3n) is 2.45. The number of hydrogen-bond donors (Lipinski definition) is 1. The summed E-state index contributed by atoms with van der Waals surface area (Å²) >= 11 is 0. The van der Waals surface area contributed by atoms with Crippen LogP contribution in [0, 0.1) is 0 Å². The van der Waals surface area contributed by atoms with E-state index in [1.807, 2.05) is 48.6 Å². The van der Waals surface area contributed by atoms with Gasteiger partial charge in [-0.25, -0.2) is 0 Å². The summed E-state index contributed by atoms with van der Waals surface area (Å²) in [4.78, 5) is 0. The van der Waals surface area contributed by atoms with Crippen LogP contribution in [0.3, 0.4) is 0 Å². The second kappa shape index (κ2) is 5.73. The molecular formula is C16H15NO. The Morgan fingerprint density at radius 2 is 1.89 bits per heavy atom. The normalized spacial score (nSPS) is 14.2. The molecule has 18 heavy (non-hydrogen) atoms. The third kappa shape index (κ3) is 2.61. The van der Waals surface area contributed by atoms with Gasteiger partial charge in [0.2, 0.25) is 0 Å². The lowest BCUT2D eigenvalue weighted by molar-refractivity contribution is 0.435. The Bertz CT molecular complexity index is 550. The van der Waals surface area contributed by atoms with Crippen LogP contribution >= 0.6 is 0 Å². The van der Waals surface area contributed by atoms with E-state index in [0.29, 0.717) is 0 Å². The maximum Gasteiger partial charge on any atom is 0.150 e. The molecular weight excluding hydrogens is 222 g/mol. The van der Waals surface area contributed by atoms with E-state index in [1.165, 1.54) is 0 Å². The van der Waals surface area contributed by atoms with Gasteiger partial charge in [0.25, 0.3) is 0 Å². The lowest BCUT2D eigenvalue weighted by Gasteiger charge is -2.21. The molecule has 1 heterocycles. The fourth-order valence-electron chi connectivity index (χ4n) is 1.60. The molecule has 0 saturated carbocycles. The van der Waals surface area contributed by atoms with Crippen molar-refractivity contribution >= 4 is 5.69 Å². The molecule has 2 nitrogen and oxygen atoms in total. The van der Waals surface area contributed by atoms with Crippen molar-refractivity contribution < 1.29 is 4.74 Å². The van der Waals surface area contributed by atoms with Crippen molar-refractivity contribution in [2.45, 2.75) is 0 Å². The van der Waals surface area contributed by atoms with Crippen LogP contribution in [0.5, 0.6) is 5.75 Å². The van der Waals surface area contributed by atoms with E-state index in [-0.39, 0.29) is 0 Å². The fraction of sp³-hybridized carbons (Fsp3) is 0. The highest BCUT2D eigenvalue weighted by atomic mass is 16.5. The first-order valence-electron chi connectivity index (χ1n) is 5.71. The standard InChI is InChI=1S/C16H15NO/c1-3-5-6-7-11-15-13(4-2)17-14-10-8-9-12-16(14)18-15/h3-12,17H,1-2H2/b6-5-,11-7+. The van der Waals surface area contributed by atoms with Gasteiger partial charge in [-0.15, -0.1) is 0 Å². The quantitative estimate of drug-likeness (QED) is 0.793. The van der Waals surface area contributed by atoms with Crippen LogP contribution in [0.4, 0.5) is 5.69 Å². The zero-order valence-electron chi connectivity index (χ0n) is 10.1. The SMILES string of the molecule is C=C/C=C\C=C\C1=C(C=C)Nc2ccccc2O1. The van der Waals surface area contributed by atoms with E-state index in [1.54, 1.807) is 12.2 Å². The van der Waals surface area contributed by atoms with E-state index in [9.17, 15) is 0 Å². The van der Waals surface area contributed by atoms with Crippen molar-refractivity contribution in [1.29, 1.82) is 0 Å². The monoisotopic (exact) mass is 237 g/mol. The summed E-state index contributed by atoms with van der Waals surface area (Å²) in [6.45, 7) is 7.40. The predicted molar refractivity (Wildman–Crippen MR) is 76.4 cm³/mol. The lowest BCUT2D eigenvalue weighted by atomic mass is 10.2. The molecule has 1 aliphatic heterocycles. The second-order valence-corrected chi connectivity index (χ2v) is 3.68. The third-order valence-corrected chi connectivity index (χ3v) is 2.45. The number of benzene rings is 1. The first-order chi connectivity index (χ1) is 8.85.